The molecule has 5 nitrogen and oxygen atoms in total. The van der Waals surface area contributed by atoms with Gasteiger partial charge >= 0.3 is 6.09 Å². The first-order valence-electron chi connectivity index (χ1n) is 8.38. The third-order valence-electron chi connectivity index (χ3n) is 3.95. The van der Waals surface area contributed by atoms with E-state index in [0.717, 1.165) is 11.1 Å². The Balaban J connectivity index is 2.88. The van der Waals surface area contributed by atoms with Crippen LogP contribution in [0.5, 0.6) is 0 Å². The summed E-state index contributed by atoms with van der Waals surface area (Å²) in [5.41, 5.74) is 1.19. The van der Waals surface area contributed by atoms with Gasteiger partial charge in [0.25, 0.3) is 0 Å². The van der Waals surface area contributed by atoms with Crippen LogP contribution in [0.3, 0.4) is 0 Å². The Morgan fingerprint density at radius 2 is 1.54 bits per heavy atom. The smallest absolute Gasteiger partial charge is 0.408 e. The fraction of sp³-hybridized carbons (Fsp3) is 0.632. The molecule has 0 bridgehead atoms. The number of rotatable bonds is 5. The summed E-state index contributed by atoms with van der Waals surface area (Å²) in [7, 11) is 0. The van der Waals surface area contributed by atoms with E-state index in [-0.39, 0.29) is 11.6 Å². The molecule has 0 aromatic heterocycles. The summed E-state index contributed by atoms with van der Waals surface area (Å²) in [5, 5.41) is 23.1. The molecule has 24 heavy (non-hydrogen) atoms. The van der Waals surface area contributed by atoms with Crippen LogP contribution in [0.15, 0.2) is 24.3 Å². The first-order chi connectivity index (χ1) is 10.8. The molecule has 0 aliphatic carbocycles. The topological polar surface area (TPSA) is 72.8 Å². The second-order valence-corrected chi connectivity index (χ2v) is 8.31. The second-order valence-electron chi connectivity index (χ2n) is 8.31. The Labute approximate surface area is 145 Å². The molecular formula is C19H32N2O3. The molecule has 1 amide bonds. The van der Waals surface area contributed by atoms with Gasteiger partial charge in [0, 0.05) is 17.6 Å². The number of benzene rings is 1. The van der Waals surface area contributed by atoms with Gasteiger partial charge < -0.3 is 15.5 Å². The van der Waals surface area contributed by atoms with Gasteiger partial charge in [-0.3, -0.25) is 4.90 Å². The van der Waals surface area contributed by atoms with Crippen molar-refractivity contribution >= 4 is 6.09 Å². The predicted molar refractivity (Wildman–Crippen MR) is 97.2 cm³/mol. The van der Waals surface area contributed by atoms with E-state index in [9.17, 15) is 15.0 Å². The van der Waals surface area contributed by atoms with E-state index in [4.69, 9.17) is 0 Å². The number of nitrogens with zero attached hydrogens (tertiary/aromatic N) is 1. The molecule has 0 heterocycles. The van der Waals surface area contributed by atoms with Crippen LogP contribution in [0.4, 0.5) is 4.79 Å². The van der Waals surface area contributed by atoms with E-state index in [1.165, 1.54) is 4.90 Å². The number of aliphatic hydroxyl groups is 1. The number of hydrogen-bond donors (Lipinski definition) is 3. The Hall–Kier alpha value is -1.59. The molecule has 5 heteroatoms. The zero-order valence-electron chi connectivity index (χ0n) is 15.9. The third-order valence-corrected chi connectivity index (χ3v) is 3.95. The van der Waals surface area contributed by atoms with Gasteiger partial charge in [-0.25, -0.2) is 4.79 Å². The van der Waals surface area contributed by atoms with Gasteiger partial charge in [0.05, 0.1) is 12.1 Å². The number of aliphatic hydroxyl groups excluding tert-OH is 1. The molecule has 0 aliphatic heterocycles. The molecule has 0 saturated heterocycles. The second kappa shape index (κ2) is 7.53. The van der Waals surface area contributed by atoms with Crippen LogP contribution in [0.1, 0.15) is 71.7 Å². The summed E-state index contributed by atoms with van der Waals surface area (Å²) < 4.78 is 0. The fourth-order valence-electron chi connectivity index (χ4n) is 2.70. The Kier molecular flexibility index (Phi) is 6.42. The molecule has 1 rings (SSSR count). The Morgan fingerprint density at radius 3 is 1.92 bits per heavy atom. The summed E-state index contributed by atoms with van der Waals surface area (Å²) in [6.07, 6.45) is -1.53. The predicted octanol–water partition coefficient (Wildman–Crippen LogP) is 3.95. The molecule has 0 unspecified atom stereocenters. The van der Waals surface area contributed by atoms with Crippen molar-refractivity contribution in [1.82, 2.24) is 10.2 Å². The highest BCUT2D eigenvalue weighted by atomic mass is 16.4. The minimum Gasteiger partial charge on any atom is -0.465 e. The molecule has 2 atom stereocenters. The standard InChI is InChI=1S/C19H32N2O3/c1-13(21(17(23)24)19(5,6)7)14-8-10-15(11-9-14)16(22)12-20-18(2,3)4/h8-11,13,16,20,22H,12H2,1-7H3,(H,23,24)/t13-,16-/m0/s1. The minimum atomic E-state index is -0.937. The average Bonchev–Trinajstić information content (AvgIpc) is 2.42. The van der Waals surface area contributed by atoms with Crippen molar-refractivity contribution in [2.75, 3.05) is 6.54 Å². The summed E-state index contributed by atoms with van der Waals surface area (Å²) in [4.78, 5) is 13.0. The first kappa shape index (κ1) is 20.5. The van der Waals surface area contributed by atoms with Crippen molar-refractivity contribution in [3.63, 3.8) is 0 Å². The highest BCUT2D eigenvalue weighted by Gasteiger charge is 2.31. The lowest BCUT2D eigenvalue weighted by Gasteiger charge is -2.38. The number of carboxylic acid groups (broad SMARTS) is 1. The van der Waals surface area contributed by atoms with E-state index < -0.39 is 17.7 Å². The van der Waals surface area contributed by atoms with Crippen LogP contribution in [0.2, 0.25) is 0 Å². The van der Waals surface area contributed by atoms with Crippen molar-refractivity contribution in [3.05, 3.63) is 35.4 Å². The van der Waals surface area contributed by atoms with Crippen LogP contribution in [0, 0.1) is 0 Å². The van der Waals surface area contributed by atoms with Crippen LogP contribution in [0.25, 0.3) is 0 Å². The molecule has 0 radical (unpaired) electrons. The maximum absolute atomic E-state index is 11.6. The van der Waals surface area contributed by atoms with Gasteiger partial charge in [0.2, 0.25) is 0 Å². The summed E-state index contributed by atoms with van der Waals surface area (Å²) in [5.74, 6) is 0. The lowest BCUT2D eigenvalue weighted by Crippen LogP contribution is -2.46. The van der Waals surface area contributed by atoms with Gasteiger partial charge in [0.15, 0.2) is 0 Å². The normalized spacial score (nSPS) is 15.0. The summed E-state index contributed by atoms with van der Waals surface area (Å²) >= 11 is 0. The molecule has 0 saturated carbocycles. The Morgan fingerprint density at radius 1 is 1.08 bits per heavy atom. The van der Waals surface area contributed by atoms with Gasteiger partial charge in [0.1, 0.15) is 0 Å². The fourth-order valence-corrected chi connectivity index (χ4v) is 2.70. The number of β-amino-alcohol motifs (C(OH)–C–C–N with tert-alkyl or cyclic N) is 1. The molecule has 1 aromatic rings. The summed E-state index contributed by atoms with van der Waals surface area (Å²) in [6.45, 7) is 14.2. The van der Waals surface area contributed by atoms with Crippen molar-refractivity contribution < 1.29 is 15.0 Å². The zero-order valence-corrected chi connectivity index (χ0v) is 15.9. The van der Waals surface area contributed by atoms with Crippen molar-refractivity contribution in [3.8, 4) is 0 Å². The van der Waals surface area contributed by atoms with Crippen molar-refractivity contribution in [2.45, 2.75) is 71.7 Å². The van der Waals surface area contributed by atoms with Crippen LogP contribution in [-0.2, 0) is 0 Å². The molecule has 136 valence electrons. The molecule has 0 fully saturated rings. The largest absolute Gasteiger partial charge is 0.465 e. The van der Waals surface area contributed by atoms with Gasteiger partial charge in [-0.15, -0.1) is 0 Å². The van der Waals surface area contributed by atoms with Crippen LogP contribution in [-0.4, -0.2) is 38.8 Å². The molecular weight excluding hydrogens is 304 g/mol. The quantitative estimate of drug-likeness (QED) is 0.761. The van der Waals surface area contributed by atoms with E-state index in [0.29, 0.717) is 6.54 Å². The van der Waals surface area contributed by atoms with E-state index in [2.05, 4.69) is 26.1 Å². The Bertz CT molecular complexity index is 541. The monoisotopic (exact) mass is 336 g/mol. The number of nitrogens with one attached hydrogen (secondary N) is 1. The van der Waals surface area contributed by atoms with Crippen LogP contribution < -0.4 is 5.32 Å². The third kappa shape index (κ3) is 5.80. The number of amides is 1. The van der Waals surface area contributed by atoms with Gasteiger partial charge in [-0.1, -0.05) is 24.3 Å². The minimum absolute atomic E-state index is 0.0515. The highest BCUT2D eigenvalue weighted by Crippen LogP contribution is 2.28. The first-order valence-corrected chi connectivity index (χ1v) is 8.38. The van der Waals surface area contributed by atoms with Crippen molar-refractivity contribution in [1.29, 1.82) is 0 Å². The summed E-state index contributed by atoms with van der Waals surface area (Å²) in [6, 6.07) is 7.25. The molecule has 1 aromatic carbocycles. The van der Waals surface area contributed by atoms with Crippen molar-refractivity contribution in [2.24, 2.45) is 0 Å². The molecule has 0 aliphatic rings. The van der Waals surface area contributed by atoms with E-state index in [1.807, 2.05) is 52.0 Å². The average molecular weight is 336 g/mol. The lowest BCUT2D eigenvalue weighted by atomic mass is 9.98. The van der Waals surface area contributed by atoms with Crippen LogP contribution >= 0.6 is 0 Å². The van der Waals surface area contributed by atoms with E-state index >= 15 is 0 Å². The number of hydrogen-bond acceptors (Lipinski definition) is 3. The highest BCUT2D eigenvalue weighted by molar-refractivity contribution is 5.66. The lowest BCUT2D eigenvalue weighted by molar-refractivity contribution is 0.0752. The molecule has 3 N–H and O–H groups in total. The van der Waals surface area contributed by atoms with Gasteiger partial charge in [-0.2, -0.15) is 0 Å². The zero-order chi connectivity index (χ0) is 18.7. The maximum atomic E-state index is 11.6. The van der Waals surface area contributed by atoms with E-state index in [1.54, 1.807) is 0 Å². The number of carbonyl (C=O) groups is 1. The van der Waals surface area contributed by atoms with Gasteiger partial charge in [-0.05, 0) is 59.6 Å². The SMILES string of the molecule is C[C@@H](c1ccc([C@@H](O)CNC(C)(C)C)cc1)N(C(=O)O)C(C)(C)C. The molecule has 0 spiro atoms. The maximum Gasteiger partial charge on any atom is 0.408 e.